The molecule has 108 valence electrons. The van der Waals surface area contributed by atoms with Crippen LogP contribution in [0.1, 0.15) is 26.3 Å². The molecule has 0 fully saturated rings. The van der Waals surface area contributed by atoms with Crippen LogP contribution < -0.4 is 5.14 Å². The first-order chi connectivity index (χ1) is 9.10. The van der Waals surface area contributed by atoms with E-state index in [2.05, 4.69) is 15.2 Å². The number of aromatic nitrogens is 4. The van der Waals surface area contributed by atoms with E-state index >= 15 is 0 Å². The van der Waals surface area contributed by atoms with Crippen LogP contribution in [0.25, 0.3) is 11.4 Å². The zero-order valence-electron chi connectivity index (χ0n) is 11.8. The molecule has 0 aliphatic carbocycles. The molecule has 20 heavy (non-hydrogen) atoms. The van der Waals surface area contributed by atoms with Crippen molar-refractivity contribution in [1.29, 1.82) is 0 Å². The lowest BCUT2D eigenvalue weighted by Crippen LogP contribution is -2.29. The number of primary sulfonamides is 1. The first-order valence-electron chi connectivity index (χ1n) is 6.01. The molecule has 0 unspecified atom stereocenters. The van der Waals surface area contributed by atoms with Gasteiger partial charge in [-0.1, -0.05) is 0 Å². The average molecular weight is 295 g/mol. The Morgan fingerprint density at radius 1 is 1.20 bits per heavy atom. The van der Waals surface area contributed by atoms with Crippen molar-refractivity contribution >= 4 is 10.0 Å². The van der Waals surface area contributed by atoms with E-state index in [0.29, 0.717) is 11.4 Å². The molecule has 0 saturated heterocycles. The number of nitrogens with two attached hydrogens (primary N) is 1. The summed E-state index contributed by atoms with van der Waals surface area (Å²) in [6.45, 7) is 7.47. The summed E-state index contributed by atoms with van der Waals surface area (Å²) in [5, 5.41) is 12.7. The van der Waals surface area contributed by atoms with Crippen LogP contribution in [0.4, 0.5) is 0 Å². The molecule has 0 saturated carbocycles. The first-order valence-corrected chi connectivity index (χ1v) is 7.56. The van der Waals surface area contributed by atoms with E-state index in [9.17, 15) is 8.42 Å². The van der Waals surface area contributed by atoms with Crippen LogP contribution in [0.3, 0.4) is 0 Å². The molecule has 2 aromatic heterocycles. The highest BCUT2D eigenvalue weighted by atomic mass is 32.2. The molecule has 2 rings (SSSR count). The van der Waals surface area contributed by atoms with Crippen LogP contribution >= 0.6 is 0 Å². The van der Waals surface area contributed by atoms with Gasteiger partial charge >= 0.3 is 0 Å². The van der Waals surface area contributed by atoms with Crippen LogP contribution in [0.15, 0.2) is 23.6 Å². The number of sulfonamides is 1. The van der Waals surface area contributed by atoms with E-state index in [0.717, 1.165) is 5.56 Å². The monoisotopic (exact) mass is 295 g/mol. The molecule has 0 bridgehead atoms. The number of pyridine rings is 1. The van der Waals surface area contributed by atoms with Gasteiger partial charge in [-0.05, 0) is 39.3 Å². The van der Waals surface area contributed by atoms with Gasteiger partial charge in [0, 0.05) is 23.5 Å². The van der Waals surface area contributed by atoms with Gasteiger partial charge in [0.2, 0.25) is 0 Å². The fraction of sp³-hybridized carbons (Fsp3) is 0.417. The first kappa shape index (κ1) is 14.6. The summed E-state index contributed by atoms with van der Waals surface area (Å²) in [4.78, 5) is 4.09. The molecule has 8 heteroatoms. The van der Waals surface area contributed by atoms with E-state index < -0.39 is 15.6 Å². The van der Waals surface area contributed by atoms with Crippen LogP contribution in [-0.4, -0.2) is 28.2 Å². The third kappa shape index (κ3) is 2.70. The van der Waals surface area contributed by atoms with Gasteiger partial charge in [0.05, 0.1) is 0 Å². The third-order valence-electron chi connectivity index (χ3n) is 2.69. The van der Waals surface area contributed by atoms with Crippen molar-refractivity contribution in [3.63, 3.8) is 0 Å². The molecule has 0 aliphatic rings. The van der Waals surface area contributed by atoms with Crippen molar-refractivity contribution in [2.24, 2.45) is 5.14 Å². The number of hydrogen-bond acceptors (Lipinski definition) is 5. The van der Waals surface area contributed by atoms with E-state index in [4.69, 9.17) is 5.14 Å². The minimum atomic E-state index is -3.94. The summed E-state index contributed by atoms with van der Waals surface area (Å²) in [5.41, 5.74) is 1.11. The molecule has 0 amide bonds. The van der Waals surface area contributed by atoms with E-state index in [1.807, 2.05) is 33.8 Å². The van der Waals surface area contributed by atoms with Crippen molar-refractivity contribution in [3.8, 4) is 11.4 Å². The standard InChI is InChI=1S/C12H17N5O2S/c1-8-5-9(7-14-6-8)10-15-16-11(20(13,18)19)17(10)12(2,3)4/h5-7H,1-4H3,(H2,13,18,19). The van der Waals surface area contributed by atoms with Crippen molar-refractivity contribution in [2.45, 2.75) is 38.4 Å². The zero-order valence-corrected chi connectivity index (χ0v) is 12.6. The summed E-state index contributed by atoms with van der Waals surface area (Å²) >= 11 is 0. The summed E-state index contributed by atoms with van der Waals surface area (Å²) in [6, 6.07) is 1.87. The summed E-state index contributed by atoms with van der Waals surface area (Å²) in [7, 11) is -3.94. The van der Waals surface area contributed by atoms with Crippen molar-refractivity contribution < 1.29 is 8.42 Å². The predicted molar refractivity (Wildman–Crippen MR) is 74.4 cm³/mol. The molecule has 0 aliphatic heterocycles. The molecule has 2 heterocycles. The van der Waals surface area contributed by atoms with E-state index in [1.54, 1.807) is 12.4 Å². The van der Waals surface area contributed by atoms with E-state index in [-0.39, 0.29) is 5.16 Å². The highest BCUT2D eigenvalue weighted by Gasteiger charge is 2.29. The van der Waals surface area contributed by atoms with Crippen LogP contribution in [0.2, 0.25) is 0 Å². The molecule has 7 nitrogen and oxygen atoms in total. The van der Waals surface area contributed by atoms with Crippen molar-refractivity contribution in [1.82, 2.24) is 19.7 Å². The van der Waals surface area contributed by atoms with Crippen LogP contribution in [-0.2, 0) is 15.6 Å². The Morgan fingerprint density at radius 3 is 2.35 bits per heavy atom. The number of aryl methyl sites for hydroxylation is 1. The van der Waals surface area contributed by atoms with Crippen molar-refractivity contribution in [3.05, 3.63) is 24.0 Å². The highest BCUT2D eigenvalue weighted by Crippen LogP contribution is 2.27. The maximum absolute atomic E-state index is 11.7. The van der Waals surface area contributed by atoms with Gasteiger partial charge in [-0.25, -0.2) is 13.6 Å². The largest absolute Gasteiger partial charge is 0.291 e. The maximum Gasteiger partial charge on any atom is 0.273 e. The smallest absolute Gasteiger partial charge is 0.273 e. The molecule has 0 aromatic carbocycles. The van der Waals surface area contributed by atoms with Gasteiger partial charge in [-0.2, -0.15) is 0 Å². The molecule has 0 atom stereocenters. The van der Waals surface area contributed by atoms with Crippen LogP contribution in [0.5, 0.6) is 0 Å². The summed E-state index contributed by atoms with van der Waals surface area (Å²) in [6.07, 6.45) is 3.33. The van der Waals surface area contributed by atoms with E-state index in [1.165, 1.54) is 4.57 Å². The fourth-order valence-corrected chi connectivity index (χ4v) is 2.69. The lowest BCUT2D eigenvalue weighted by Gasteiger charge is -2.24. The number of nitrogens with zero attached hydrogens (tertiary/aromatic N) is 4. The van der Waals surface area contributed by atoms with Gasteiger partial charge in [0.15, 0.2) is 5.82 Å². The summed E-state index contributed by atoms with van der Waals surface area (Å²) < 4.78 is 24.8. The quantitative estimate of drug-likeness (QED) is 0.891. The molecular weight excluding hydrogens is 278 g/mol. The van der Waals surface area contributed by atoms with Crippen LogP contribution in [0, 0.1) is 6.92 Å². The number of hydrogen-bond donors (Lipinski definition) is 1. The average Bonchev–Trinajstić information content (AvgIpc) is 2.72. The second kappa shape index (κ2) is 4.64. The lowest BCUT2D eigenvalue weighted by molar-refractivity contribution is 0.366. The van der Waals surface area contributed by atoms with Gasteiger partial charge in [-0.3, -0.25) is 9.55 Å². The molecule has 0 radical (unpaired) electrons. The Labute approximate surface area is 117 Å². The second-order valence-electron chi connectivity index (χ2n) is 5.61. The lowest BCUT2D eigenvalue weighted by atomic mass is 10.1. The Balaban J connectivity index is 2.76. The topological polar surface area (TPSA) is 104 Å². The molecule has 2 N–H and O–H groups in total. The maximum atomic E-state index is 11.7. The molecule has 0 spiro atoms. The Hall–Kier alpha value is -1.80. The van der Waals surface area contributed by atoms with Gasteiger partial charge in [0.1, 0.15) is 0 Å². The normalized spacial score (nSPS) is 12.7. The SMILES string of the molecule is Cc1cncc(-c2nnc(S(N)(=O)=O)n2C(C)(C)C)c1. The molecular formula is C12H17N5O2S. The molecule has 2 aromatic rings. The highest BCUT2D eigenvalue weighted by molar-refractivity contribution is 7.89. The van der Waals surface area contributed by atoms with Gasteiger partial charge in [-0.15, -0.1) is 10.2 Å². The number of rotatable bonds is 2. The zero-order chi connectivity index (χ0) is 15.1. The van der Waals surface area contributed by atoms with Crippen molar-refractivity contribution in [2.75, 3.05) is 0 Å². The Kier molecular flexibility index (Phi) is 3.39. The Bertz CT molecular complexity index is 743. The minimum absolute atomic E-state index is 0.249. The third-order valence-corrected chi connectivity index (χ3v) is 3.47. The van der Waals surface area contributed by atoms with Gasteiger partial charge < -0.3 is 0 Å². The minimum Gasteiger partial charge on any atom is -0.291 e. The predicted octanol–water partition coefficient (Wildman–Crippen LogP) is 1.05. The summed E-state index contributed by atoms with van der Waals surface area (Å²) in [5.74, 6) is 0.428. The van der Waals surface area contributed by atoms with Gasteiger partial charge in [0.25, 0.3) is 15.2 Å². The Morgan fingerprint density at radius 2 is 1.85 bits per heavy atom. The fourth-order valence-electron chi connectivity index (χ4n) is 1.92. The second-order valence-corrected chi connectivity index (χ2v) is 7.06.